The van der Waals surface area contributed by atoms with Crippen molar-refractivity contribution in [3.05, 3.63) is 53.1 Å². The average Bonchev–Trinajstić information content (AvgIpc) is 2.92. The van der Waals surface area contributed by atoms with Crippen LogP contribution >= 0.6 is 0 Å². The van der Waals surface area contributed by atoms with Gasteiger partial charge in [-0.3, -0.25) is 0 Å². The molecule has 0 atom stereocenters. The number of hydrogen-bond acceptors (Lipinski definition) is 3. The summed E-state index contributed by atoms with van der Waals surface area (Å²) in [5.41, 5.74) is -4.18. The Bertz CT molecular complexity index is 1230. The zero-order valence-corrected chi connectivity index (χ0v) is 23.5. The van der Waals surface area contributed by atoms with Crippen LogP contribution in [0.4, 0.5) is 39.5 Å². The molecule has 0 radical (unpaired) electrons. The maximum absolute atomic E-state index is 15.1. The maximum Gasteiger partial charge on any atom is 0.422 e. The summed E-state index contributed by atoms with van der Waals surface area (Å²) < 4.78 is 143. The van der Waals surface area contributed by atoms with Crippen LogP contribution in [0.2, 0.25) is 0 Å². The van der Waals surface area contributed by atoms with Crippen LogP contribution in [0.5, 0.6) is 5.75 Å². The molecule has 2 aliphatic carbocycles. The van der Waals surface area contributed by atoms with Crippen LogP contribution in [0.15, 0.2) is 24.3 Å². The number of benzene rings is 2. The van der Waals surface area contributed by atoms with Crippen molar-refractivity contribution >= 4 is 0 Å². The lowest BCUT2D eigenvalue weighted by Crippen LogP contribution is -2.43. The quantitative estimate of drug-likeness (QED) is 0.300. The van der Waals surface area contributed by atoms with Gasteiger partial charge in [0, 0.05) is 24.0 Å². The molecule has 238 valence electrons. The average molecular weight is 625 g/mol. The second-order valence-electron chi connectivity index (χ2n) is 12.2. The molecule has 5 rings (SSSR count). The minimum Gasteiger partial charge on any atom is -0.432 e. The van der Waals surface area contributed by atoms with Gasteiger partial charge < -0.3 is 14.2 Å². The summed E-state index contributed by atoms with van der Waals surface area (Å²) in [4.78, 5) is 0. The third-order valence-corrected chi connectivity index (χ3v) is 9.19. The van der Waals surface area contributed by atoms with Gasteiger partial charge in [0.05, 0.1) is 24.7 Å². The minimum absolute atomic E-state index is 0.0536. The van der Waals surface area contributed by atoms with Crippen molar-refractivity contribution in [1.29, 1.82) is 0 Å². The topological polar surface area (TPSA) is 27.7 Å². The molecule has 12 heteroatoms. The molecule has 2 aromatic rings. The standard InChI is InChI=1S/C31H33F9O3/c1-16-2-4-17(5-3-16)20-14-41-29(42-15-20)18-6-8-21(9-7-18)31(39,40)43-22-12-23(32)27(24(33)13-22)19-10-25(34)28(26(35)11-19)30(36,37)38/h10-13,16-18,20-21,29H,2-9,14-15H2,1H3. The Morgan fingerprint density at radius 1 is 0.651 bits per heavy atom. The lowest BCUT2D eigenvalue weighted by atomic mass is 9.76. The van der Waals surface area contributed by atoms with Crippen molar-refractivity contribution < 1.29 is 53.7 Å². The highest BCUT2D eigenvalue weighted by Crippen LogP contribution is 2.44. The molecule has 0 unspecified atom stereocenters. The summed E-state index contributed by atoms with van der Waals surface area (Å²) >= 11 is 0. The first-order chi connectivity index (χ1) is 20.2. The SMILES string of the molecule is CC1CCC(C2COC(C3CCC(C(F)(F)Oc4cc(F)c(-c5cc(F)c(C(F)(F)F)c(F)c5)c(F)c4)CC3)OC2)CC1. The Hall–Kier alpha value is -2.47. The first-order valence-corrected chi connectivity index (χ1v) is 14.6. The molecule has 1 heterocycles. The van der Waals surface area contributed by atoms with Gasteiger partial charge in [-0.05, 0) is 68.1 Å². The maximum atomic E-state index is 15.1. The molecule has 0 amide bonds. The van der Waals surface area contributed by atoms with Gasteiger partial charge in [0.25, 0.3) is 0 Å². The molecule has 3 aliphatic rings. The van der Waals surface area contributed by atoms with Crippen molar-refractivity contribution in [3.63, 3.8) is 0 Å². The fraction of sp³-hybridized carbons (Fsp3) is 0.613. The predicted molar refractivity (Wildman–Crippen MR) is 138 cm³/mol. The van der Waals surface area contributed by atoms with Gasteiger partial charge in [-0.1, -0.05) is 19.8 Å². The van der Waals surface area contributed by atoms with Crippen molar-refractivity contribution in [2.24, 2.45) is 29.6 Å². The van der Waals surface area contributed by atoms with Gasteiger partial charge in [-0.2, -0.15) is 22.0 Å². The minimum atomic E-state index is -5.38. The molecule has 3 fully saturated rings. The summed E-state index contributed by atoms with van der Waals surface area (Å²) in [5.74, 6) is -7.78. The molecular weight excluding hydrogens is 591 g/mol. The van der Waals surface area contributed by atoms with Crippen molar-refractivity contribution in [2.75, 3.05) is 13.2 Å². The molecule has 2 aromatic carbocycles. The molecule has 2 saturated carbocycles. The normalized spacial score (nSPS) is 29.0. The van der Waals surface area contributed by atoms with Gasteiger partial charge in [0.15, 0.2) is 6.29 Å². The van der Waals surface area contributed by atoms with Crippen LogP contribution in [0, 0.1) is 52.9 Å². The fourth-order valence-electron chi connectivity index (χ4n) is 6.68. The first kappa shape index (κ1) is 31.9. The van der Waals surface area contributed by atoms with Crippen LogP contribution in [0.25, 0.3) is 11.1 Å². The molecule has 0 N–H and O–H groups in total. The van der Waals surface area contributed by atoms with Crippen molar-refractivity contribution in [2.45, 2.75) is 76.9 Å². The monoisotopic (exact) mass is 624 g/mol. The lowest BCUT2D eigenvalue weighted by Gasteiger charge is -2.41. The van der Waals surface area contributed by atoms with Gasteiger partial charge in [-0.25, -0.2) is 17.6 Å². The summed E-state index contributed by atoms with van der Waals surface area (Å²) in [5, 5.41) is 0. The van der Waals surface area contributed by atoms with Crippen molar-refractivity contribution in [3.8, 4) is 16.9 Å². The Morgan fingerprint density at radius 3 is 1.67 bits per heavy atom. The van der Waals surface area contributed by atoms with E-state index in [-0.39, 0.29) is 30.9 Å². The number of alkyl halides is 5. The summed E-state index contributed by atoms with van der Waals surface area (Å²) in [6.07, 6.45) is -4.05. The highest BCUT2D eigenvalue weighted by molar-refractivity contribution is 5.66. The first-order valence-electron chi connectivity index (χ1n) is 14.6. The highest BCUT2D eigenvalue weighted by atomic mass is 19.4. The number of rotatable bonds is 6. The predicted octanol–water partition coefficient (Wildman–Crippen LogP) is 9.52. The molecule has 43 heavy (non-hydrogen) atoms. The molecule has 0 bridgehead atoms. The van der Waals surface area contributed by atoms with E-state index in [1.165, 1.54) is 12.8 Å². The zero-order valence-electron chi connectivity index (χ0n) is 23.5. The van der Waals surface area contributed by atoms with E-state index in [4.69, 9.17) is 14.2 Å². The molecule has 0 aromatic heterocycles. The Labute approximate surface area is 243 Å². The largest absolute Gasteiger partial charge is 0.432 e. The second kappa shape index (κ2) is 12.5. The summed E-state index contributed by atoms with van der Waals surface area (Å²) in [6.45, 7) is 3.43. The Morgan fingerprint density at radius 2 is 1.16 bits per heavy atom. The van der Waals surface area contributed by atoms with Crippen LogP contribution in [-0.2, 0) is 15.7 Å². The van der Waals surface area contributed by atoms with E-state index < -0.39 is 70.2 Å². The molecule has 1 saturated heterocycles. The molecule has 1 aliphatic heterocycles. The number of ether oxygens (including phenoxy) is 3. The highest BCUT2D eigenvalue weighted by Gasteiger charge is 2.46. The van der Waals surface area contributed by atoms with Gasteiger partial charge in [0.1, 0.15) is 34.6 Å². The van der Waals surface area contributed by atoms with E-state index in [1.54, 1.807) is 0 Å². The Balaban J connectivity index is 1.18. The molecule has 3 nitrogen and oxygen atoms in total. The lowest BCUT2D eigenvalue weighted by molar-refractivity contribution is -0.251. The third-order valence-electron chi connectivity index (χ3n) is 9.19. The smallest absolute Gasteiger partial charge is 0.422 e. The molecular formula is C31H33F9O3. The van der Waals surface area contributed by atoms with Crippen molar-refractivity contribution in [1.82, 2.24) is 0 Å². The Kier molecular flexibility index (Phi) is 9.28. The van der Waals surface area contributed by atoms with E-state index in [9.17, 15) is 30.7 Å². The third kappa shape index (κ3) is 7.10. The number of halogens is 9. The molecule has 0 spiro atoms. The van der Waals surface area contributed by atoms with Gasteiger partial charge >= 0.3 is 12.3 Å². The zero-order chi connectivity index (χ0) is 31.1. The van der Waals surface area contributed by atoms with E-state index >= 15 is 8.78 Å². The fourth-order valence-corrected chi connectivity index (χ4v) is 6.68. The van der Waals surface area contributed by atoms with E-state index in [0.29, 0.717) is 50.0 Å². The van der Waals surface area contributed by atoms with Crippen LogP contribution in [0.3, 0.4) is 0 Å². The van der Waals surface area contributed by atoms with E-state index in [1.807, 2.05) is 0 Å². The van der Waals surface area contributed by atoms with E-state index in [2.05, 4.69) is 6.92 Å². The second-order valence-corrected chi connectivity index (χ2v) is 12.2. The summed E-state index contributed by atoms with van der Waals surface area (Å²) in [6, 6.07) is 1.05. The van der Waals surface area contributed by atoms with Gasteiger partial charge in [-0.15, -0.1) is 0 Å². The number of hydrogen-bond donors (Lipinski definition) is 0. The van der Waals surface area contributed by atoms with Gasteiger partial charge in [0.2, 0.25) is 0 Å². The van der Waals surface area contributed by atoms with E-state index in [0.717, 1.165) is 18.8 Å². The summed E-state index contributed by atoms with van der Waals surface area (Å²) in [7, 11) is 0. The van der Waals surface area contributed by atoms with Crippen LogP contribution in [0.1, 0.15) is 63.9 Å². The van der Waals surface area contributed by atoms with Crippen LogP contribution < -0.4 is 4.74 Å². The van der Waals surface area contributed by atoms with Crippen LogP contribution in [-0.4, -0.2) is 25.6 Å².